The van der Waals surface area contributed by atoms with Gasteiger partial charge >= 0.3 is 0 Å². The summed E-state index contributed by atoms with van der Waals surface area (Å²) in [4.78, 5) is 17.3. The maximum atomic E-state index is 14.0. The van der Waals surface area contributed by atoms with Crippen molar-refractivity contribution in [2.45, 2.75) is 81.4 Å². The fraction of sp³-hybridized carbons (Fsp3) is 0.403. The summed E-state index contributed by atoms with van der Waals surface area (Å²) < 4.78 is 123. The molecule has 516 valence electrons. The van der Waals surface area contributed by atoms with Gasteiger partial charge in [-0.25, -0.2) is 52.6 Å². The molecular formula is C72H100N8O8P4S4+4. The van der Waals surface area contributed by atoms with Crippen molar-refractivity contribution in [1.82, 2.24) is 33.8 Å². The highest BCUT2D eigenvalue weighted by atomic mass is 32.2. The summed E-state index contributed by atoms with van der Waals surface area (Å²) in [6.07, 6.45) is 14.0. The average Bonchev–Trinajstić information content (AvgIpc) is 1.60. The maximum Gasteiger partial charge on any atom is 0.240 e. The number of rotatable bonds is 32. The molecule has 16 nitrogen and oxygen atoms in total. The molecule has 7 aromatic rings. The first kappa shape index (κ1) is 75.2. The van der Waals surface area contributed by atoms with Crippen LogP contribution in [0.3, 0.4) is 0 Å². The zero-order chi connectivity index (χ0) is 69.5. The monoisotopic (exact) mass is 1460 g/mol. The number of benzene rings is 4. The van der Waals surface area contributed by atoms with E-state index in [2.05, 4.69) is 116 Å². The second kappa shape index (κ2) is 31.2. The van der Waals surface area contributed by atoms with Crippen LogP contribution in [-0.4, -0.2) is 181 Å². The highest BCUT2D eigenvalue weighted by Gasteiger charge is 2.32. The van der Waals surface area contributed by atoms with E-state index in [1.807, 2.05) is 91.0 Å². The molecule has 0 aliphatic carbocycles. The van der Waals surface area contributed by atoms with Crippen LogP contribution in [0, 0.1) is 0 Å². The molecule has 0 fully saturated rings. The molecule has 8 bridgehead atoms. The Morgan fingerprint density at radius 2 is 0.583 bits per heavy atom. The topological polar surface area (TPSA) is 244 Å². The Morgan fingerprint density at radius 3 is 0.865 bits per heavy atom. The highest BCUT2D eigenvalue weighted by Crippen LogP contribution is 2.56. The first-order valence-electron chi connectivity index (χ1n) is 33.6. The van der Waals surface area contributed by atoms with Gasteiger partial charge in [0.2, 0.25) is 40.1 Å². The van der Waals surface area contributed by atoms with E-state index < -0.39 is 69.1 Å². The van der Waals surface area contributed by atoms with Crippen LogP contribution >= 0.6 is 29.0 Å². The molecule has 3 aromatic heterocycles. The third-order valence-corrected chi connectivity index (χ3v) is 44.0. The molecule has 7 N–H and O–H groups in total. The Labute approximate surface area is 574 Å². The molecule has 4 aromatic carbocycles. The van der Waals surface area contributed by atoms with Gasteiger partial charge in [0, 0.05) is 143 Å². The van der Waals surface area contributed by atoms with Gasteiger partial charge < -0.3 is 15.0 Å². The van der Waals surface area contributed by atoms with E-state index in [1.54, 1.807) is 48.5 Å². The van der Waals surface area contributed by atoms with Crippen LogP contribution in [0.2, 0.25) is 0 Å². The Morgan fingerprint density at radius 1 is 0.333 bits per heavy atom. The van der Waals surface area contributed by atoms with Crippen molar-refractivity contribution in [2.75, 3.05) is 127 Å². The summed E-state index contributed by atoms with van der Waals surface area (Å²) in [5.41, 5.74) is 8.28. The molecule has 2 aliphatic rings. The number of aromatic nitrogens is 3. The van der Waals surface area contributed by atoms with Gasteiger partial charge in [-0.15, -0.1) is 0 Å². The van der Waals surface area contributed by atoms with Gasteiger partial charge in [0.1, 0.15) is 0 Å². The predicted molar refractivity (Wildman–Crippen MR) is 411 cm³/mol. The average molecular weight is 1460 g/mol. The first-order chi connectivity index (χ1) is 45.5. The lowest BCUT2D eigenvalue weighted by Crippen LogP contribution is -2.28. The summed E-state index contributed by atoms with van der Waals surface area (Å²) in [6, 6.07) is 39.4. The Hall–Kier alpha value is -5.03. The van der Waals surface area contributed by atoms with E-state index in [4.69, 9.17) is 4.99 Å². The van der Waals surface area contributed by atoms with E-state index in [0.717, 1.165) is 73.9 Å². The van der Waals surface area contributed by atoms with Crippen LogP contribution in [0.4, 0.5) is 0 Å². The van der Waals surface area contributed by atoms with Crippen LogP contribution < -0.4 is 40.3 Å². The minimum absolute atomic E-state index is 0.138. The zero-order valence-electron chi connectivity index (χ0n) is 57.9. The van der Waals surface area contributed by atoms with Gasteiger partial charge in [-0.05, 0) is 163 Å². The van der Waals surface area contributed by atoms with Crippen molar-refractivity contribution < 1.29 is 33.7 Å². The number of aliphatic imine (C=N–C) groups is 1. The molecule has 0 atom stereocenters. The normalized spacial score (nSPS) is 16.8. The van der Waals surface area contributed by atoms with Gasteiger partial charge in [0.15, 0.2) is 0 Å². The number of H-pyrrole nitrogens is 3. The number of fused-ring (bicyclic) bond motifs is 7. The lowest BCUT2D eigenvalue weighted by atomic mass is 9.99. The Kier molecular flexibility index (Phi) is 24.5. The van der Waals surface area contributed by atoms with Crippen molar-refractivity contribution in [3.05, 3.63) is 200 Å². The van der Waals surface area contributed by atoms with Crippen LogP contribution in [0.5, 0.6) is 0 Å². The molecule has 2 aliphatic heterocycles. The standard InChI is InChI=1S/C72H100N8O8P4S4/c1-13-89(9,14-2)49-45-73-93(81,82)57-29-21-53(22-30-57)69-61-37-39-63(77-61)70(54-23-31-58(32-24-54)94(83,84)74-46-50-90(10,15-3)16-4)65-41-43-67(79-65)72(56-27-35-60(36-28-56)96(87,88)76-48-52-92(12,19-7)20-8)68-44-42-66(80-68)71(64-40-38-62(69)78-64)55-25-33-59(34-26-55)95(85,86)75-47-51-91(11,17-5)18-6/h21-43,73-79H,13-20,44-52H2,1-12H3/q+4/b69-62-,70-65-,71-64-,72-67-. The lowest BCUT2D eigenvalue weighted by molar-refractivity contribution is 0.582. The van der Waals surface area contributed by atoms with E-state index in [0.29, 0.717) is 121 Å². The molecular weight excluding hydrogens is 1360 g/mol. The fourth-order valence-corrected chi connectivity index (χ4v) is 23.8. The van der Waals surface area contributed by atoms with Gasteiger partial charge in [-0.2, -0.15) is 0 Å². The zero-order valence-corrected chi connectivity index (χ0v) is 64.8. The first-order valence-corrected chi connectivity index (χ1v) is 50.7. The van der Waals surface area contributed by atoms with Crippen LogP contribution in [-0.2, 0) is 40.1 Å². The smallest absolute Gasteiger partial charge is 0.240 e. The van der Waals surface area contributed by atoms with Crippen molar-refractivity contribution >= 4 is 97.1 Å². The lowest BCUT2D eigenvalue weighted by Gasteiger charge is -2.19. The maximum absolute atomic E-state index is 14.0. The molecule has 24 heteroatoms. The van der Waals surface area contributed by atoms with Crippen molar-refractivity contribution in [3.8, 4) is 0 Å². The summed E-state index contributed by atoms with van der Waals surface area (Å²) in [6.45, 7) is 28.0. The number of hydrogen-bond donors (Lipinski definition) is 7. The number of nitrogens with zero attached hydrogens (tertiary/aromatic N) is 1. The van der Waals surface area contributed by atoms with Gasteiger partial charge in [-0.3, -0.25) is 4.99 Å². The Balaban J connectivity index is 1.24. The molecule has 0 saturated heterocycles. The van der Waals surface area contributed by atoms with Crippen LogP contribution in [0.15, 0.2) is 170 Å². The largest absolute Gasteiger partial charge is 0.354 e. The number of nitrogens with one attached hydrogen (secondary N) is 7. The highest BCUT2D eigenvalue weighted by molar-refractivity contribution is 7.90. The molecule has 0 amide bonds. The van der Waals surface area contributed by atoms with E-state index in [1.165, 1.54) is 0 Å². The molecule has 9 rings (SSSR count). The minimum atomic E-state index is -3.87. The van der Waals surface area contributed by atoms with E-state index >= 15 is 0 Å². The third kappa shape index (κ3) is 17.4. The van der Waals surface area contributed by atoms with Crippen molar-refractivity contribution in [1.29, 1.82) is 0 Å². The Bertz CT molecular complexity index is 4730. The quantitative estimate of drug-likeness (QED) is 0.0200. The second-order valence-corrected chi connectivity index (χ2v) is 53.2. The molecule has 0 spiro atoms. The fourth-order valence-electron chi connectivity index (χ4n) is 12.1. The van der Waals surface area contributed by atoms with E-state index in [-0.39, 0.29) is 19.6 Å². The summed E-state index contributed by atoms with van der Waals surface area (Å²) in [5, 5.41) is 2.70. The molecule has 0 radical (unpaired) electrons. The van der Waals surface area contributed by atoms with Gasteiger partial charge in [0.05, 0.1) is 105 Å². The molecule has 0 saturated carbocycles. The van der Waals surface area contributed by atoms with Gasteiger partial charge in [0.25, 0.3) is 0 Å². The SMILES string of the molecule is CC[P+](C)(CC)CCNS(=O)(=O)c1ccc(/C2=c3\cc/c([nH]3)=C(\c3ccc(S(=O)(=O)NCC[P+](C)(CC)CC)cc3)c3ccc([nH]3)/C(c3ccc(S(=O)(=O)NCC[P+](C)(CC)CC)cc3)=c3/cc/c([nH]3)=C(\c3ccc(S(=O)(=O)NCC[P+](C)(CC)CC)cc3)C3=NC2=CC3)cc1. The molecule has 96 heavy (non-hydrogen) atoms. The van der Waals surface area contributed by atoms with Crippen molar-refractivity contribution in [2.24, 2.45) is 4.99 Å². The summed E-state index contributed by atoms with van der Waals surface area (Å²) in [7, 11) is -20.5. The number of sulfonamides is 4. The third-order valence-electron chi connectivity index (χ3n) is 20.7. The van der Waals surface area contributed by atoms with Crippen LogP contribution in [0.1, 0.15) is 95.5 Å². The number of hydrogen-bond acceptors (Lipinski definition) is 9. The van der Waals surface area contributed by atoms with Crippen molar-refractivity contribution in [3.63, 3.8) is 0 Å². The summed E-state index contributed by atoms with van der Waals surface area (Å²) >= 11 is 0. The van der Waals surface area contributed by atoms with Gasteiger partial charge in [-0.1, -0.05) is 54.6 Å². The second-order valence-electron chi connectivity index (χ2n) is 26.3. The molecule has 5 heterocycles. The van der Waals surface area contributed by atoms with E-state index in [9.17, 15) is 33.7 Å². The number of aromatic amines is 3. The molecule has 0 unspecified atom stereocenters. The minimum Gasteiger partial charge on any atom is -0.354 e. The summed E-state index contributed by atoms with van der Waals surface area (Å²) in [5.74, 6) is 0. The van der Waals surface area contributed by atoms with Crippen LogP contribution in [0.25, 0.3) is 22.3 Å². The predicted octanol–water partition coefficient (Wildman–Crippen LogP) is 10.2. The number of allylic oxidation sites excluding steroid dienone is 2.